The van der Waals surface area contributed by atoms with Crippen LogP contribution in [-0.4, -0.2) is 39.8 Å². The van der Waals surface area contributed by atoms with Gasteiger partial charge in [-0.2, -0.15) is 0 Å². The maximum atomic E-state index is 13.1. The van der Waals surface area contributed by atoms with E-state index in [1.807, 2.05) is 64.1 Å². The average Bonchev–Trinajstić information content (AvgIpc) is 2.65. The molecule has 0 saturated carbocycles. The minimum Gasteiger partial charge on any atom is -0.497 e. The molecular formula is C23H30N2O5S. The summed E-state index contributed by atoms with van der Waals surface area (Å²) in [5, 5.41) is 3.01. The predicted octanol–water partition coefficient (Wildman–Crippen LogP) is 3.50. The van der Waals surface area contributed by atoms with Gasteiger partial charge in [0.2, 0.25) is 15.9 Å². The number of carbonyl (C=O) groups is 1. The van der Waals surface area contributed by atoms with Crippen molar-refractivity contribution in [3.63, 3.8) is 0 Å². The summed E-state index contributed by atoms with van der Waals surface area (Å²) in [6, 6.07) is 10.7. The Morgan fingerprint density at radius 1 is 1.23 bits per heavy atom. The van der Waals surface area contributed by atoms with E-state index in [4.69, 9.17) is 9.47 Å². The van der Waals surface area contributed by atoms with Crippen LogP contribution in [0, 0.1) is 13.8 Å². The molecule has 168 valence electrons. The number of aryl methyl sites for hydroxylation is 2. The molecule has 0 radical (unpaired) electrons. The van der Waals surface area contributed by atoms with Crippen LogP contribution >= 0.6 is 0 Å². The van der Waals surface area contributed by atoms with Crippen molar-refractivity contribution >= 4 is 21.6 Å². The van der Waals surface area contributed by atoms with Crippen molar-refractivity contribution in [2.75, 3.05) is 24.2 Å². The Labute approximate surface area is 184 Å². The van der Waals surface area contributed by atoms with Gasteiger partial charge in [0.1, 0.15) is 23.6 Å². The number of amides is 1. The Hall–Kier alpha value is -2.74. The van der Waals surface area contributed by atoms with Crippen LogP contribution in [0.5, 0.6) is 11.5 Å². The van der Waals surface area contributed by atoms with Gasteiger partial charge >= 0.3 is 0 Å². The summed E-state index contributed by atoms with van der Waals surface area (Å²) < 4.78 is 37.7. The molecule has 1 atom stereocenters. The van der Waals surface area contributed by atoms with Gasteiger partial charge in [-0.15, -0.1) is 0 Å². The van der Waals surface area contributed by atoms with Crippen molar-refractivity contribution in [2.24, 2.45) is 0 Å². The zero-order chi connectivity index (χ0) is 23.0. The molecule has 0 aliphatic carbocycles. The van der Waals surface area contributed by atoms with Crippen molar-refractivity contribution in [3.8, 4) is 11.5 Å². The maximum Gasteiger partial charge on any atom is 0.241 e. The summed E-state index contributed by atoms with van der Waals surface area (Å²) in [6.45, 7) is 7.28. The first-order chi connectivity index (χ1) is 14.4. The molecule has 0 bridgehead atoms. The molecule has 1 aliphatic heterocycles. The molecule has 0 aromatic heterocycles. The normalized spacial score (nSPS) is 17.3. The molecule has 8 heteroatoms. The van der Waals surface area contributed by atoms with E-state index in [9.17, 15) is 13.2 Å². The van der Waals surface area contributed by atoms with Gasteiger partial charge in [0.25, 0.3) is 0 Å². The van der Waals surface area contributed by atoms with Crippen molar-refractivity contribution in [2.45, 2.75) is 45.8 Å². The number of nitrogens with zero attached hydrogens (tertiary/aromatic N) is 1. The quantitative estimate of drug-likeness (QED) is 0.734. The first-order valence-corrected chi connectivity index (χ1v) is 12.0. The van der Waals surface area contributed by atoms with Crippen LogP contribution in [0.15, 0.2) is 36.4 Å². The number of anilines is 1. The van der Waals surface area contributed by atoms with E-state index in [0.717, 1.165) is 22.9 Å². The third-order valence-corrected chi connectivity index (χ3v) is 6.50. The highest BCUT2D eigenvalue weighted by Gasteiger charge is 2.35. The molecule has 0 spiro atoms. The highest BCUT2D eigenvalue weighted by molar-refractivity contribution is 7.92. The van der Waals surface area contributed by atoms with Crippen molar-refractivity contribution in [3.05, 3.63) is 53.1 Å². The second-order valence-corrected chi connectivity index (χ2v) is 10.5. The number of hydrogen-bond donors (Lipinski definition) is 1. The molecule has 2 aromatic rings. The van der Waals surface area contributed by atoms with Crippen LogP contribution in [0.3, 0.4) is 0 Å². The molecule has 3 rings (SSSR count). The van der Waals surface area contributed by atoms with Gasteiger partial charge in [-0.1, -0.05) is 18.2 Å². The molecule has 7 nitrogen and oxygen atoms in total. The lowest BCUT2D eigenvalue weighted by atomic mass is 9.89. The molecule has 1 aliphatic rings. The van der Waals surface area contributed by atoms with Gasteiger partial charge in [-0.05, 0) is 57.0 Å². The third kappa shape index (κ3) is 5.12. The van der Waals surface area contributed by atoms with Gasteiger partial charge in [0, 0.05) is 12.0 Å². The molecule has 1 heterocycles. The second-order valence-electron chi connectivity index (χ2n) is 8.60. The number of carbonyl (C=O) groups excluding carboxylic acids is 1. The lowest BCUT2D eigenvalue weighted by molar-refractivity contribution is -0.120. The number of sulfonamides is 1. The predicted molar refractivity (Wildman–Crippen MR) is 121 cm³/mol. The smallest absolute Gasteiger partial charge is 0.241 e. The van der Waals surface area contributed by atoms with E-state index < -0.39 is 15.6 Å². The summed E-state index contributed by atoms with van der Waals surface area (Å²) in [4.78, 5) is 13.1. The van der Waals surface area contributed by atoms with E-state index in [0.29, 0.717) is 23.6 Å². The molecule has 1 unspecified atom stereocenters. The van der Waals surface area contributed by atoms with Crippen LogP contribution in [-0.2, 0) is 14.8 Å². The van der Waals surface area contributed by atoms with Crippen molar-refractivity contribution in [1.82, 2.24) is 5.32 Å². The van der Waals surface area contributed by atoms with Crippen LogP contribution in [0.4, 0.5) is 5.69 Å². The summed E-state index contributed by atoms with van der Waals surface area (Å²) in [6.07, 6.45) is 1.66. The van der Waals surface area contributed by atoms with Crippen LogP contribution < -0.4 is 19.1 Å². The lowest BCUT2D eigenvalue weighted by Crippen LogP contribution is -2.45. The zero-order valence-corrected chi connectivity index (χ0v) is 19.7. The van der Waals surface area contributed by atoms with E-state index in [1.54, 1.807) is 7.11 Å². The van der Waals surface area contributed by atoms with E-state index in [1.165, 1.54) is 4.31 Å². The largest absolute Gasteiger partial charge is 0.497 e. The molecule has 1 N–H and O–H groups in total. The van der Waals surface area contributed by atoms with Gasteiger partial charge < -0.3 is 14.8 Å². The van der Waals surface area contributed by atoms with Crippen LogP contribution in [0.1, 0.15) is 43.0 Å². The molecule has 31 heavy (non-hydrogen) atoms. The highest BCUT2D eigenvalue weighted by Crippen LogP contribution is 2.41. The van der Waals surface area contributed by atoms with Gasteiger partial charge in [0.15, 0.2) is 0 Å². The number of hydrogen-bond acceptors (Lipinski definition) is 5. The fourth-order valence-electron chi connectivity index (χ4n) is 4.02. The van der Waals surface area contributed by atoms with E-state index >= 15 is 0 Å². The zero-order valence-electron chi connectivity index (χ0n) is 18.9. The standard InChI is InChI=1S/C23H30N2O5S/c1-15-8-7-9-16(2)22(15)25(31(6,27)28)14-21(26)24-19-13-23(3,4)30-20-11-10-17(29-5)12-18(19)20/h7-12,19H,13-14H2,1-6H3,(H,24,26). The Morgan fingerprint density at radius 3 is 2.45 bits per heavy atom. The molecule has 2 aromatic carbocycles. The number of para-hydroxylation sites is 1. The average molecular weight is 447 g/mol. The highest BCUT2D eigenvalue weighted by atomic mass is 32.2. The topological polar surface area (TPSA) is 84.9 Å². The molecule has 0 fully saturated rings. The lowest BCUT2D eigenvalue weighted by Gasteiger charge is -2.38. The van der Waals surface area contributed by atoms with Gasteiger partial charge in [-0.25, -0.2) is 8.42 Å². The summed E-state index contributed by atoms with van der Waals surface area (Å²) in [5.74, 6) is 0.955. The summed E-state index contributed by atoms with van der Waals surface area (Å²) >= 11 is 0. The van der Waals surface area contributed by atoms with E-state index in [2.05, 4.69) is 5.32 Å². The van der Waals surface area contributed by atoms with Crippen LogP contribution in [0.25, 0.3) is 0 Å². The monoisotopic (exact) mass is 446 g/mol. The first-order valence-electron chi connectivity index (χ1n) is 10.1. The number of ether oxygens (including phenoxy) is 2. The maximum absolute atomic E-state index is 13.1. The number of methoxy groups -OCH3 is 1. The molecule has 0 saturated heterocycles. The number of nitrogens with one attached hydrogen (secondary N) is 1. The Bertz CT molecular complexity index is 1070. The third-order valence-electron chi connectivity index (χ3n) is 5.39. The number of benzene rings is 2. The minimum atomic E-state index is -3.67. The number of fused-ring (bicyclic) bond motifs is 1. The molecular weight excluding hydrogens is 416 g/mol. The Morgan fingerprint density at radius 2 is 1.87 bits per heavy atom. The summed E-state index contributed by atoms with van der Waals surface area (Å²) in [5.41, 5.74) is 2.45. The summed E-state index contributed by atoms with van der Waals surface area (Å²) in [7, 11) is -2.08. The molecule has 1 amide bonds. The first kappa shape index (κ1) is 22.9. The van der Waals surface area contributed by atoms with Gasteiger partial charge in [0.05, 0.1) is 25.1 Å². The van der Waals surface area contributed by atoms with Crippen molar-refractivity contribution < 1.29 is 22.7 Å². The Kier molecular flexibility index (Phi) is 6.23. The SMILES string of the molecule is COc1ccc2c(c1)C(NC(=O)CN(c1c(C)cccc1C)S(C)(=O)=O)CC(C)(C)O2. The van der Waals surface area contributed by atoms with Crippen molar-refractivity contribution in [1.29, 1.82) is 0 Å². The fraction of sp³-hybridized carbons (Fsp3) is 0.435. The second kappa shape index (κ2) is 8.42. The fourth-order valence-corrected chi connectivity index (χ4v) is 4.99. The van der Waals surface area contributed by atoms with Gasteiger partial charge in [-0.3, -0.25) is 9.10 Å². The number of rotatable bonds is 6. The van der Waals surface area contributed by atoms with Crippen LogP contribution in [0.2, 0.25) is 0 Å². The Balaban J connectivity index is 1.90. The van der Waals surface area contributed by atoms with E-state index in [-0.39, 0.29) is 18.5 Å². The minimum absolute atomic E-state index is 0.304.